The van der Waals surface area contributed by atoms with E-state index in [1.807, 2.05) is 18.2 Å². The summed E-state index contributed by atoms with van der Waals surface area (Å²) in [5.41, 5.74) is 3.16. The first-order valence-corrected chi connectivity index (χ1v) is 9.80. The third-order valence-electron chi connectivity index (χ3n) is 5.03. The zero-order chi connectivity index (χ0) is 19.5. The zero-order valence-electron chi connectivity index (χ0n) is 15.8. The molecule has 1 amide bonds. The van der Waals surface area contributed by atoms with Crippen LogP contribution >= 0.6 is 11.6 Å². The van der Waals surface area contributed by atoms with Crippen molar-refractivity contribution in [3.8, 4) is 0 Å². The van der Waals surface area contributed by atoms with Crippen LogP contribution < -0.4 is 5.32 Å². The van der Waals surface area contributed by atoms with Crippen LogP contribution in [0.25, 0.3) is 11.0 Å². The van der Waals surface area contributed by atoms with E-state index in [9.17, 15) is 4.79 Å². The van der Waals surface area contributed by atoms with Crippen LogP contribution in [0.3, 0.4) is 0 Å². The molecule has 146 valence electrons. The first-order valence-electron chi connectivity index (χ1n) is 9.42. The Morgan fingerprint density at radius 3 is 2.93 bits per heavy atom. The van der Waals surface area contributed by atoms with E-state index in [0.717, 1.165) is 56.1 Å². The number of amides is 1. The number of anilines is 1. The van der Waals surface area contributed by atoms with E-state index in [1.165, 1.54) is 0 Å². The number of fused-ring (bicyclic) bond motifs is 3. The molecule has 1 aromatic heterocycles. The maximum atomic E-state index is 12.5. The van der Waals surface area contributed by atoms with Gasteiger partial charge >= 0.3 is 0 Å². The first-order chi connectivity index (χ1) is 13.7. The standard InChI is InChI=1S/C21H23ClN4O2/c1-28-12-4-9-25-10-11-26-19-8-7-15(13-18(19)24-20(26)14-25)23-21(27)16-5-2-3-6-17(16)22/h2-3,5-8,13H,4,9-12,14H2,1H3,(H,23,27). The van der Waals surface area contributed by atoms with Crippen LogP contribution in [0.15, 0.2) is 42.5 Å². The summed E-state index contributed by atoms with van der Waals surface area (Å²) < 4.78 is 7.41. The van der Waals surface area contributed by atoms with Crippen LogP contribution in [0.2, 0.25) is 5.02 Å². The van der Waals surface area contributed by atoms with Gasteiger partial charge in [-0.3, -0.25) is 9.69 Å². The van der Waals surface area contributed by atoms with Crippen LogP contribution in [0.1, 0.15) is 22.6 Å². The van der Waals surface area contributed by atoms with E-state index in [2.05, 4.69) is 14.8 Å². The van der Waals surface area contributed by atoms with Crippen LogP contribution in [0.5, 0.6) is 0 Å². The number of carbonyl (C=O) groups is 1. The molecule has 0 radical (unpaired) electrons. The largest absolute Gasteiger partial charge is 0.385 e. The highest BCUT2D eigenvalue weighted by atomic mass is 35.5. The van der Waals surface area contributed by atoms with Crippen molar-refractivity contribution < 1.29 is 9.53 Å². The van der Waals surface area contributed by atoms with Gasteiger partial charge in [0.15, 0.2) is 0 Å². The molecule has 0 saturated heterocycles. The van der Waals surface area contributed by atoms with Crippen LogP contribution in [-0.4, -0.2) is 47.2 Å². The number of nitrogens with one attached hydrogen (secondary N) is 1. The Labute approximate surface area is 169 Å². The predicted octanol–water partition coefficient (Wildman–Crippen LogP) is 3.79. The Bertz CT molecular complexity index is 1000. The third-order valence-corrected chi connectivity index (χ3v) is 5.36. The number of benzene rings is 2. The number of rotatable bonds is 6. The lowest BCUT2D eigenvalue weighted by Gasteiger charge is -2.27. The fraction of sp³-hybridized carbons (Fsp3) is 0.333. The number of aromatic nitrogens is 2. The van der Waals surface area contributed by atoms with E-state index < -0.39 is 0 Å². The molecule has 1 aliphatic rings. The second-order valence-electron chi connectivity index (χ2n) is 6.94. The highest BCUT2D eigenvalue weighted by Crippen LogP contribution is 2.25. The molecule has 3 aromatic rings. The summed E-state index contributed by atoms with van der Waals surface area (Å²) in [5, 5.41) is 3.35. The van der Waals surface area contributed by atoms with Gasteiger partial charge in [-0.25, -0.2) is 4.98 Å². The molecule has 0 spiro atoms. The Morgan fingerprint density at radius 2 is 2.11 bits per heavy atom. The molecule has 0 bridgehead atoms. The number of carbonyl (C=O) groups excluding carboxylic acids is 1. The number of hydrogen-bond acceptors (Lipinski definition) is 4. The van der Waals surface area contributed by atoms with Crippen molar-refractivity contribution in [2.75, 3.05) is 32.1 Å². The Morgan fingerprint density at radius 1 is 1.25 bits per heavy atom. The lowest BCUT2D eigenvalue weighted by atomic mass is 10.2. The highest BCUT2D eigenvalue weighted by molar-refractivity contribution is 6.34. The molecule has 1 aliphatic heterocycles. The molecule has 4 rings (SSSR count). The molecule has 1 N–H and O–H groups in total. The maximum Gasteiger partial charge on any atom is 0.257 e. The SMILES string of the molecule is COCCCN1CCn2c(nc3cc(NC(=O)c4ccccc4Cl)ccc32)C1. The number of methoxy groups -OCH3 is 1. The third kappa shape index (κ3) is 3.90. The van der Waals surface area contributed by atoms with Crippen molar-refractivity contribution in [1.29, 1.82) is 0 Å². The van der Waals surface area contributed by atoms with Crippen LogP contribution in [0.4, 0.5) is 5.69 Å². The molecule has 0 aliphatic carbocycles. The fourth-order valence-electron chi connectivity index (χ4n) is 3.62. The number of halogens is 1. The van der Waals surface area contributed by atoms with Gasteiger partial charge in [0.25, 0.3) is 5.91 Å². The molecule has 2 aromatic carbocycles. The fourth-order valence-corrected chi connectivity index (χ4v) is 3.84. The average Bonchev–Trinajstić information content (AvgIpc) is 3.05. The van der Waals surface area contributed by atoms with Crippen molar-refractivity contribution in [2.45, 2.75) is 19.5 Å². The van der Waals surface area contributed by atoms with Gasteiger partial charge < -0.3 is 14.6 Å². The summed E-state index contributed by atoms with van der Waals surface area (Å²) in [6.07, 6.45) is 1.02. The maximum absolute atomic E-state index is 12.5. The lowest BCUT2D eigenvalue weighted by Crippen LogP contribution is -2.34. The molecule has 0 unspecified atom stereocenters. The summed E-state index contributed by atoms with van der Waals surface area (Å²) in [4.78, 5) is 19.7. The van der Waals surface area contributed by atoms with Crippen LogP contribution in [0, 0.1) is 0 Å². The van der Waals surface area contributed by atoms with Gasteiger partial charge in [0.1, 0.15) is 5.82 Å². The highest BCUT2D eigenvalue weighted by Gasteiger charge is 2.20. The quantitative estimate of drug-likeness (QED) is 0.642. The summed E-state index contributed by atoms with van der Waals surface area (Å²) >= 11 is 6.12. The second-order valence-corrected chi connectivity index (χ2v) is 7.35. The van der Waals surface area contributed by atoms with Gasteiger partial charge in [0, 0.05) is 39.0 Å². The van der Waals surface area contributed by atoms with E-state index in [-0.39, 0.29) is 5.91 Å². The average molecular weight is 399 g/mol. The lowest BCUT2D eigenvalue weighted by molar-refractivity contribution is 0.102. The van der Waals surface area contributed by atoms with Gasteiger partial charge in [0.05, 0.1) is 28.2 Å². The molecule has 2 heterocycles. The summed E-state index contributed by atoms with van der Waals surface area (Å²) in [5.74, 6) is 0.839. The number of ether oxygens (including phenoxy) is 1. The van der Waals surface area contributed by atoms with E-state index in [1.54, 1.807) is 31.4 Å². The minimum absolute atomic E-state index is 0.224. The molecule has 28 heavy (non-hydrogen) atoms. The molecular weight excluding hydrogens is 376 g/mol. The molecule has 7 heteroatoms. The summed E-state index contributed by atoms with van der Waals surface area (Å²) in [6.45, 7) is 4.55. The zero-order valence-corrected chi connectivity index (χ0v) is 16.6. The second kappa shape index (κ2) is 8.31. The van der Waals surface area contributed by atoms with Crippen molar-refractivity contribution in [1.82, 2.24) is 14.5 Å². The number of hydrogen-bond donors (Lipinski definition) is 1. The normalized spacial score (nSPS) is 14.2. The Kier molecular flexibility index (Phi) is 5.62. The Balaban J connectivity index is 1.51. The summed E-state index contributed by atoms with van der Waals surface area (Å²) in [6, 6.07) is 12.9. The van der Waals surface area contributed by atoms with Gasteiger partial charge in [-0.1, -0.05) is 23.7 Å². The minimum Gasteiger partial charge on any atom is -0.385 e. The monoisotopic (exact) mass is 398 g/mol. The topological polar surface area (TPSA) is 59.4 Å². The van der Waals surface area contributed by atoms with Crippen molar-refractivity contribution in [3.63, 3.8) is 0 Å². The summed E-state index contributed by atoms with van der Waals surface area (Å²) in [7, 11) is 1.73. The van der Waals surface area contributed by atoms with Crippen molar-refractivity contribution in [3.05, 3.63) is 58.9 Å². The van der Waals surface area contributed by atoms with Gasteiger partial charge in [-0.05, 0) is 36.8 Å². The van der Waals surface area contributed by atoms with Crippen molar-refractivity contribution in [2.24, 2.45) is 0 Å². The molecule has 0 atom stereocenters. The van der Waals surface area contributed by atoms with E-state index >= 15 is 0 Å². The minimum atomic E-state index is -0.224. The van der Waals surface area contributed by atoms with Gasteiger partial charge in [0.2, 0.25) is 0 Å². The molecule has 0 saturated carbocycles. The predicted molar refractivity (Wildman–Crippen MR) is 111 cm³/mol. The first kappa shape index (κ1) is 18.9. The van der Waals surface area contributed by atoms with Gasteiger partial charge in [-0.15, -0.1) is 0 Å². The van der Waals surface area contributed by atoms with Crippen molar-refractivity contribution >= 4 is 34.2 Å². The van der Waals surface area contributed by atoms with E-state index in [4.69, 9.17) is 21.3 Å². The molecule has 6 nitrogen and oxygen atoms in total. The number of imidazole rings is 1. The number of nitrogens with zero attached hydrogens (tertiary/aromatic N) is 3. The smallest absolute Gasteiger partial charge is 0.257 e. The molecular formula is C21H23ClN4O2. The van der Waals surface area contributed by atoms with Gasteiger partial charge in [-0.2, -0.15) is 0 Å². The van der Waals surface area contributed by atoms with Crippen LogP contribution in [-0.2, 0) is 17.8 Å². The van der Waals surface area contributed by atoms with E-state index in [0.29, 0.717) is 16.3 Å². The Hall–Kier alpha value is -2.41. The molecule has 0 fully saturated rings.